The first kappa shape index (κ1) is 9.92. The Morgan fingerprint density at radius 1 is 1.43 bits per heavy atom. The molecule has 4 nitrogen and oxygen atoms in total. The first-order valence-electron chi connectivity index (χ1n) is 4.07. The second-order valence-electron chi connectivity index (χ2n) is 3.15. The third-order valence-electron chi connectivity index (χ3n) is 2.14. The predicted octanol–water partition coefficient (Wildman–Crippen LogP) is 1.20. The Labute approximate surface area is 87.3 Å². The van der Waals surface area contributed by atoms with Gasteiger partial charge < -0.3 is 0 Å². The van der Waals surface area contributed by atoms with Crippen molar-refractivity contribution in [2.24, 2.45) is 0 Å². The molecule has 2 N–H and O–H groups in total. The van der Waals surface area contributed by atoms with E-state index in [-0.39, 0.29) is 10.9 Å². The van der Waals surface area contributed by atoms with Crippen molar-refractivity contribution in [1.29, 1.82) is 0 Å². The van der Waals surface area contributed by atoms with Crippen molar-refractivity contribution in [2.75, 3.05) is 0 Å². The number of nitrogens with one attached hydrogen (secondary N) is 2. The average Bonchev–Trinajstić information content (AvgIpc) is 2.12. The molecule has 0 bridgehead atoms. The van der Waals surface area contributed by atoms with Gasteiger partial charge in [-0.15, -0.1) is 4.83 Å². The predicted molar refractivity (Wildman–Crippen MR) is 53.3 cm³/mol. The van der Waals surface area contributed by atoms with Crippen LogP contribution < -0.4 is 10.3 Å². The molecule has 0 aromatic heterocycles. The lowest BCUT2D eigenvalue weighted by Crippen LogP contribution is -2.43. The summed E-state index contributed by atoms with van der Waals surface area (Å²) < 4.78 is 23.1. The SMILES string of the molecule is CC1NNS(=O)(=O)c2cc(Cl)ccc21. The van der Waals surface area contributed by atoms with E-state index in [1.54, 1.807) is 12.1 Å². The molecule has 1 aliphatic heterocycles. The van der Waals surface area contributed by atoms with Gasteiger partial charge in [0.2, 0.25) is 0 Å². The topological polar surface area (TPSA) is 58.2 Å². The summed E-state index contributed by atoms with van der Waals surface area (Å²) in [6, 6.07) is 4.80. The van der Waals surface area contributed by atoms with Crippen LogP contribution in [0.2, 0.25) is 5.02 Å². The van der Waals surface area contributed by atoms with Crippen molar-refractivity contribution in [3.05, 3.63) is 28.8 Å². The highest BCUT2D eigenvalue weighted by molar-refractivity contribution is 7.89. The van der Waals surface area contributed by atoms with Gasteiger partial charge >= 0.3 is 0 Å². The van der Waals surface area contributed by atoms with Crippen LogP contribution in [0.3, 0.4) is 0 Å². The second-order valence-corrected chi connectivity index (χ2v) is 5.24. The molecule has 14 heavy (non-hydrogen) atoms. The molecule has 1 aromatic rings. The Morgan fingerprint density at radius 2 is 2.14 bits per heavy atom. The fraction of sp³-hybridized carbons (Fsp3) is 0.250. The van der Waals surface area contributed by atoms with E-state index in [1.165, 1.54) is 6.07 Å². The van der Waals surface area contributed by atoms with Gasteiger partial charge in [-0.3, -0.25) is 0 Å². The molecule has 1 atom stereocenters. The minimum absolute atomic E-state index is 0.0502. The number of hydrogen-bond donors (Lipinski definition) is 2. The van der Waals surface area contributed by atoms with Crippen LogP contribution in [0.15, 0.2) is 23.1 Å². The zero-order valence-electron chi connectivity index (χ0n) is 7.41. The fourth-order valence-corrected chi connectivity index (χ4v) is 2.91. The average molecular weight is 233 g/mol. The third-order valence-corrected chi connectivity index (χ3v) is 3.70. The zero-order valence-corrected chi connectivity index (χ0v) is 8.98. The molecule has 1 heterocycles. The number of halogens is 1. The summed E-state index contributed by atoms with van der Waals surface area (Å²) in [5.74, 6) is 0. The highest BCUT2D eigenvalue weighted by Gasteiger charge is 2.27. The molecule has 76 valence electrons. The largest absolute Gasteiger partial charge is 0.253 e. The van der Waals surface area contributed by atoms with Crippen molar-refractivity contribution < 1.29 is 8.42 Å². The van der Waals surface area contributed by atoms with Crippen LogP contribution in [0.5, 0.6) is 0 Å². The normalized spacial score (nSPS) is 24.3. The first-order chi connectivity index (χ1) is 6.50. The second kappa shape index (κ2) is 3.20. The van der Waals surface area contributed by atoms with Crippen LogP contribution in [0.1, 0.15) is 18.5 Å². The van der Waals surface area contributed by atoms with Gasteiger partial charge in [0.15, 0.2) is 0 Å². The maximum atomic E-state index is 11.5. The van der Waals surface area contributed by atoms with Gasteiger partial charge in [0.1, 0.15) is 0 Å². The smallest absolute Gasteiger partial charge is 0.237 e. The van der Waals surface area contributed by atoms with Crippen molar-refractivity contribution in [3.63, 3.8) is 0 Å². The summed E-state index contributed by atoms with van der Waals surface area (Å²) in [6.45, 7) is 1.87. The highest BCUT2D eigenvalue weighted by Crippen LogP contribution is 2.27. The Hall–Kier alpha value is -0.620. The van der Waals surface area contributed by atoms with E-state index < -0.39 is 10.0 Å². The third kappa shape index (κ3) is 1.52. The first-order valence-corrected chi connectivity index (χ1v) is 5.93. The zero-order chi connectivity index (χ0) is 10.3. The van der Waals surface area contributed by atoms with E-state index >= 15 is 0 Å². The number of hydrogen-bond acceptors (Lipinski definition) is 3. The van der Waals surface area contributed by atoms with Crippen molar-refractivity contribution in [1.82, 2.24) is 10.3 Å². The number of rotatable bonds is 0. The van der Waals surface area contributed by atoms with Crippen molar-refractivity contribution >= 4 is 21.6 Å². The van der Waals surface area contributed by atoms with Crippen LogP contribution in [-0.4, -0.2) is 8.42 Å². The van der Waals surface area contributed by atoms with Crippen LogP contribution in [0, 0.1) is 0 Å². The molecule has 1 unspecified atom stereocenters. The van der Waals surface area contributed by atoms with E-state index in [0.717, 1.165) is 5.56 Å². The standard InChI is InChI=1S/C8H9ClN2O2S/c1-5-7-3-2-6(9)4-8(7)14(12,13)11-10-5/h2-5,10-11H,1H3. The minimum Gasteiger partial charge on any atom is -0.237 e. The van der Waals surface area contributed by atoms with Crippen LogP contribution in [0.4, 0.5) is 0 Å². The molecule has 1 aromatic carbocycles. The van der Waals surface area contributed by atoms with E-state index in [9.17, 15) is 8.42 Å². The summed E-state index contributed by atoms with van der Waals surface area (Å²) >= 11 is 5.74. The Balaban J connectivity index is 2.70. The fourth-order valence-electron chi connectivity index (χ4n) is 1.40. The molecule has 0 radical (unpaired) electrons. The number of hydrazine groups is 1. The summed E-state index contributed by atoms with van der Waals surface area (Å²) in [4.78, 5) is 2.50. The van der Waals surface area contributed by atoms with Crippen molar-refractivity contribution in [3.8, 4) is 0 Å². The summed E-state index contributed by atoms with van der Waals surface area (Å²) in [5, 5.41) is 0.420. The molecule has 0 saturated carbocycles. The molecular formula is C8H9ClN2O2S. The Morgan fingerprint density at radius 3 is 2.86 bits per heavy atom. The van der Waals surface area contributed by atoms with E-state index in [0.29, 0.717) is 5.02 Å². The lowest BCUT2D eigenvalue weighted by Gasteiger charge is -2.24. The maximum Gasteiger partial charge on any atom is 0.253 e. The maximum absolute atomic E-state index is 11.5. The van der Waals surface area contributed by atoms with E-state index in [4.69, 9.17) is 11.6 Å². The van der Waals surface area contributed by atoms with Gasteiger partial charge in [-0.1, -0.05) is 17.7 Å². The van der Waals surface area contributed by atoms with Crippen LogP contribution >= 0.6 is 11.6 Å². The van der Waals surface area contributed by atoms with E-state index in [1.807, 2.05) is 6.92 Å². The quantitative estimate of drug-likeness (QED) is 0.707. The molecule has 1 aliphatic rings. The number of fused-ring (bicyclic) bond motifs is 1. The molecule has 0 fully saturated rings. The van der Waals surface area contributed by atoms with Gasteiger partial charge in [-0.2, -0.15) is 0 Å². The van der Waals surface area contributed by atoms with Crippen LogP contribution in [-0.2, 0) is 10.0 Å². The molecule has 0 aliphatic carbocycles. The Bertz CT molecular complexity index is 472. The van der Waals surface area contributed by atoms with Gasteiger partial charge in [0, 0.05) is 11.1 Å². The highest BCUT2D eigenvalue weighted by atomic mass is 35.5. The number of benzene rings is 1. The van der Waals surface area contributed by atoms with Gasteiger partial charge in [-0.25, -0.2) is 13.8 Å². The number of sulfonamides is 1. The molecule has 6 heteroatoms. The van der Waals surface area contributed by atoms with Gasteiger partial charge in [0.25, 0.3) is 10.0 Å². The molecule has 0 amide bonds. The summed E-state index contributed by atoms with van der Waals surface area (Å²) in [5.41, 5.74) is 3.40. The molecule has 0 spiro atoms. The summed E-state index contributed by atoms with van der Waals surface area (Å²) in [6.07, 6.45) is 0. The lowest BCUT2D eigenvalue weighted by molar-refractivity contribution is 0.488. The van der Waals surface area contributed by atoms with E-state index in [2.05, 4.69) is 10.3 Å². The molecule has 0 saturated heterocycles. The van der Waals surface area contributed by atoms with Crippen LogP contribution in [0.25, 0.3) is 0 Å². The monoisotopic (exact) mass is 232 g/mol. The van der Waals surface area contributed by atoms with Crippen molar-refractivity contribution in [2.45, 2.75) is 17.9 Å². The lowest BCUT2D eigenvalue weighted by atomic mass is 10.1. The molecule has 2 rings (SSSR count). The summed E-state index contributed by atoms with van der Waals surface area (Å²) in [7, 11) is -3.44. The van der Waals surface area contributed by atoms with Gasteiger partial charge in [0.05, 0.1) is 4.90 Å². The van der Waals surface area contributed by atoms with Gasteiger partial charge in [-0.05, 0) is 24.6 Å². The minimum atomic E-state index is -3.44. The molecular weight excluding hydrogens is 224 g/mol. The Kier molecular flexibility index (Phi) is 2.27.